The third kappa shape index (κ3) is 6.48. The number of fused-ring (bicyclic) bond motifs is 2. The fourth-order valence-electron chi connectivity index (χ4n) is 6.11. The zero-order valence-electron chi connectivity index (χ0n) is 24.8. The van der Waals surface area contributed by atoms with Crippen molar-refractivity contribution in [1.29, 1.82) is 0 Å². The Morgan fingerprint density at radius 2 is 1.80 bits per heavy atom. The van der Waals surface area contributed by atoms with Crippen molar-refractivity contribution >= 4 is 32.0 Å². The molecule has 0 amide bonds. The highest BCUT2D eigenvalue weighted by atomic mass is 32.2. The van der Waals surface area contributed by atoms with Crippen molar-refractivity contribution < 1.29 is 12.8 Å². The first-order chi connectivity index (χ1) is 21.8. The van der Waals surface area contributed by atoms with E-state index in [1.54, 1.807) is 12.3 Å². The minimum absolute atomic E-state index is 0.0174. The average molecular weight is 625 g/mol. The molecule has 4 heterocycles. The lowest BCUT2D eigenvalue weighted by Gasteiger charge is -2.11. The van der Waals surface area contributed by atoms with E-state index in [0.29, 0.717) is 33.7 Å². The minimum Gasteiger partial charge on any atom is -0.337 e. The normalized spacial score (nSPS) is 14.2. The van der Waals surface area contributed by atoms with Gasteiger partial charge in [0.05, 0.1) is 34.7 Å². The van der Waals surface area contributed by atoms with Crippen molar-refractivity contribution in [2.24, 2.45) is 5.92 Å². The van der Waals surface area contributed by atoms with E-state index in [1.807, 2.05) is 36.7 Å². The summed E-state index contributed by atoms with van der Waals surface area (Å²) in [4.78, 5) is 17.4. The van der Waals surface area contributed by atoms with Gasteiger partial charge in [0, 0.05) is 42.0 Å². The number of H-pyrrole nitrogens is 2. The molecule has 0 bridgehead atoms. The topological polar surface area (TPSA) is 141 Å². The molecule has 4 N–H and O–H groups in total. The Bertz CT molecular complexity index is 2120. The second-order valence-electron chi connectivity index (χ2n) is 11.8. The third-order valence-electron chi connectivity index (χ3n) is 8.32. The van der Waals surface area contributed by atoms with Crippen LogP contribution in [0, 0.1) is 11.7 Å². The van der Waals surface area contributed by atoms with Gasteiger partial charge in [0.1, 0.15) is 11.5 Å². The fourth-order valence-corrected chi connectivity index (χ4v) is 6.54. The molecule has 0 aliphatic heterocycles. The van der Waals surface area contributed by atoms with Crippen molar-refractivity contribution in [3.05, 3.63) is 84.1 Å². The number of rotatable bonds is 10. The first-order valence-electron chi connectivity index (χ1n) is 15.0. The molecule has 7 rings (SSSR count). The van der Waals surface area contributed by atoms with Crippen LogP contribution in [-0.2, 0) is 23.1 Å². The quantitative estimate of drug-likeness (QED) is 0.153. The highest BCUT2D eigenvalue weighted by molar-refractivity contribution is 7.88. The van der Waals surface area contributed by atoms with Gasteiger partial charge in [-0.15, -0.1) is 0 Å². The molecular weight excluding hydrogens is 591 g/mol. The number of hydrogen-bond donors (Lipinski definition) is 4. The van der Waals surface area contributed by atoms with E-state index in [9.17, 15) is 12.8 Å². The molecule has 4 aromatic heterocycles. The number of hydrogen-bond acceptors (Lipinski definition) is 7. The molecule has 1 aliphatic rings. The number of halogens is 1. The molecular formula is C33H33FN8O2S. The number of nitrogens with one attached hydrogen (secondary N) is 4. The highest BCUT2D eigenvalue weighted by Gasteiger charge is 2.18. The number of benzene rings is 2. The van der Waals surface area contributed by atoms with Gasteiger partial charge in [-0.25, -0.2) is 22.5 Å². The Kier molecular flexibility index (Phi) is 7.86. The smallest absolute Gasteiger partial charge is 0.209 e. The number of imidazole rings is 1. The molecule has 1 aliphatic carbocycles. The minimum atomic E-state index is -3.43. The largest absolute Gasteiger partial charge is 0.337 e. The van der Waals surface area contributed by atoms with Crippen LogP contribution in [0.1, 0.15) is 36.8 Å². The Morgan fingerprint density at radius 3 is 2.64 bits per heavy atom. The summed E-state index contributed by atoms with van der Waals surface area (Å²) < 4.78 is 40.2. The zero-order valence-corrected chi connectivity index (χ0v) is 25.6. The third-order valence-corrected chi connectivity index (χ3v) is 8.99. The second-order valence-corrected chi connectivity index (χ2v) is 13.6. The summed E-state index contributed by atoms with van der Waals surface area (Å²) in [5.41, 5.74) is 7.42. The summed E-state index contributed by atoms with van der Waals surface area (Å²) in [5.74, 6) is 0.862. The Hall–Kier alpha value is -4.52. The van der Waals surface area contributed by atoms with Gasteiger partial charge >= 0.3 is 0 Å². The van der Waals surface area contributed by atoms with Gasteiger partial charge < -0.3 is 10.3 Å². The van der Waals surface area contributed by atoms with Crippen LogP contribution in [0.25, 0.3) is 55.8 Å². The van der Waals surface area contributed by atoms with Crippen molar-refractivity contribution in [1.82, 2.24) is 40.2 Å². The maximum atomic E-state index is 14.6. The fraction of sp³-hybridized carbons (Fsp3) is 0.273. The Balaban J connectivity index is 1.19. The number of aromatic nitrogens is 6. The maximum Gasteiger partial charge on any atom is 0.209 e. The summed E-state index contributed by atoms with van der Waals surface area (Å²) in [5, 5.41) is 12.1. The van der Waals surface area contributed by atoms with Gasteiger partial charge in [0.2, 0.25) is 10.0 Å². The molecule has 0 spiro atoms. The maximum absolute atomic E-state index is 14.6. The van der Waals surface area contributed by atoms with Gasteiger partial charge in [0.25, 0.3) is 0 Å². The van der Waals surface area contributed by atoms with Gasteiger partial charge in [-0.05, 0) is 78.4 Å². The number of nitrogens with zero attached hydrogens (tertiary/aromatic N) is 4. The predicted molar refractivity (Wildman–Crippen MR) is 173 cm³/mol. The van der Waals surface area contributed by atoms with E-state index in [0.717, 1.165) is 58.5 Å². The van der Waals surface area contributed by atoms with Gasteiger partial charge in [-0.2, -0.15) is 5.10 Å². The van der Waals surface area contributed by atoms with Gasteiger partial charge in [0.15, 0.2) is 5.82 Å². The van der Waals surface area contributed by atoms with E-state index >= 15 is 0 Å². The summed E-state index contributed by atoms with van der Waals surface area (Å²) in [6, 6.07) is 14.2. The molecule has 230 valence electrons. The molecule has 1 saturated carbocycles. The molecule has 12 heteroatoms. The highest BCUT2D eigenvalue weighted by Crippen LogP contribution is 2.33. The number of sulfonamides is 1. The van der Waals surface area contributed by atoms with Crippen LogP contribution in [0.2, 0.25) is 0 Å². The number of aromatic amines is 2. The van der Waals surface area contributed by atoms with E-state index in [-0.39, 0.29) is 6.54 Å². The molecule has 0 saturated heterocycles. The lowest BCUT2D eigenvalue weighted by atomic mass is 10.0. The van der Waals surface area contributed by atoms with Crippen LogP contribution in [-0.4, -0.2) is 51.4 Å². The SMILES string of the molecule is CS(=O)(=O)NCc1cc(F)cc(-c2cccc3[nH]c(-c4n[nH]c5cnc(-c6cncc(CNCC7CCCC7)c6)cc45)nc23)c1. The average Bonchev–Trinajstić information content (AvgIpc) is 3.79. The number of para-hydroxylation sites is 1. The molecule has 45 heavy (non-hydrogen) atoms. The van der Waals surface area contributed by atoms with Crippen LogP contribution in [0.15, 0.2) is 67.1 Å². The van der Waals surface area contributed by atoms with Crippen molar-refractivity contribution in [3.63, 3.8) is 0 Å². The lowest BCUT2D eigenvalue weighted by molar-refractivity contribution is 0.489. The van der Waals surface area contributed by atoms with Crippen LogP contribution < -0.4 is 10.0 Å². The Morgan fingerprint density at radius 1 is 0.956 bits per heavy atom. The van der Waals surface area contributed by atoms with E-state index in [4.69, 9.17) is 4.98 Å². The van der Waals surface area contributed by atoms with E-state index < -0.39 is 15.8 Å². The monoisotopic (exact) mass is 624 g/mol. The van der Waals surface area contributed by atoms with Crippen molar-refractivity contribution in [2.45, 2.75) is 38.8 Å². The van der Waals surface area contributed by atoms with Crippen molar-refractivity contribution in [2.75, 3.05) is 12.8 Å². The Labute approximate surface area is 260 Å². The van der Waals surface area contributed by atoms with Crippen molar-refractivity contribution in [3.8, 4) is 33.9 Å². The van der Waals surface area contributed by atoms with E-state index in [1.165, 1.54) is 37.8 Å². The molecule has 6 aromatic rings. The van der Waals surface area contributed by atoms with Gasteiger partial charge in [-0.1, -0.05) is 25.0 Å². The number of pyridine rings is 2. The molecule has 10 nitrogen and oxygen atoms in total. The molecule has 0 atom stereocenters. The molecule has 0 radical (unpaired) electrons. The zero-order chi connectivity index (χ0) is 31.0. The first-order valence-corrected chi connectivity index (χ1v) is 16.9. The summed E-state index contributed by atoms with van der Waals surface area (Å²) in [6.45, 7) is 1.78. The molecule has 0 unspecified atom stereocenters. The van der Waals surface area contributed by atoms with Crippen LogP contribution in [0.5, 0.6) is 0 Å². The van der Waals surface area contributed by atoms with E-state index in [2.05, 4.69) is 41.3 Å². The summed E-state index contributed by atoms with van der Waals surface area (Å²) >= 11 is 0. The second kappa shape index (κ2) is 12.1. The molecule has 2 aromatic carbocycles. The van der Waals surface area contributed by atoms with Crippen LogP contribution in [0.4, 0.5) is 4.39 Å². The molecule has 1 fully saturated rings. The predicted octanol–water partition coefficient (Wildman–Crippen LogP) is 5.70. The summed E-state index contributed by atoms with van der Waals surface area (Å²) in [7, 11) is -3.43. The van der Waals surface area contributed by atoms with Crippen LogP contribution in [0.3, 0.4) is 0 Å². The standard InChI is InChI=1S/C33H33FN8O2S/c1-45(43,44)38-17-21-9-23(12-25(34)11-21)26-7-4-8-28-31(26)40-33(39-28)32-27-13-29(37-19-30(27)41-42-32)24-10-22(16-36-18-24)15-35-14-20-5-2-3-6-20/h4,7-13,16,18-20,35,38H,2-3,5-6,14-15,17H2,1H3,(H,39,40)(H,41,42). The summed E-state index contributed by atoms with van der Waals surface area (Å²) in [6.07, 6.45) is 11.8. The lowest BCUT2D eigenvalue weighted by Crippen LogP contribution is -2.21. The first kappa shape index (κ1) is 29.2. The van der Waals surface area contributed by atoms with Crippen LogP contribution >= 0.6 is 0 Å². The van der Waals surface area contributed by atoms with Gasteiger partial charge in [-0.3, -0.25) is 15.1 Å².